The molecule has 0 spiro atoms. The number of ether oxygens (including phenoxy) is 1. The summed E-state index contributed by atoms with van der Waals surface area (Å²) in [6, 6.07) is 8.06. The zero-order valence-electron chi connectivity index (χ0n) is 9.93. The van der Waals surface area contributed by atoms with Crippen LogP contribution in [0.2, 0.25) is 0 Å². The molecule has 0 aliphatic carbocycles. The zero-order valence-corrected chi connectivity index (χ0v) is 9.93. The van der Waals surface area contributed by atoms with Crippen LogP contribution in [0, 0.1) is 5.92 Å². The normalized spacial score (nSPS) is 18.8. The Balaban J connectivity index is 2.39. The number of carbonyl (C=O) groups excluding carboxylic acids is 1. The van der Waals surface area contributed by atoms with Gasteiger partial charge in [0.1, 0.15) is 0 Å². The summed E-state index contributed by atoms with van der Waals surface area (Å²) in [4.78, 5) is 13.4. The SMILES string of the molecule is COC(=O)N1CC(C(C)C)c2ccccc21. The Morgan fingerprint density at radius 2 is 2.12 bits per heavy atom. The molecule has 1 aromatic carbocycles. The van der Waals surface area contributed by atoms with E-state index in [1.807, 2.05) is 18.2 Å². The van der Waals surface area contributed by atoms with Gasteiger partial charge in [0.25, 0.3) is 0 Å². The molecule has 3 heteroatoms. The topological polar surface area (TPSA) is 29.5 Å². The molecule has 1 unspecified atom stereocenters. The van der Waals surface area contributed by atoms with Crippen molar-refractivity contribution in [1.29, 1.82) is 0 Å². The van der Waals surface area contributed by atoms with Gasteiger partial charge in [0.15, 0.2) is 0 Å². The third kappa shape index (κ3) is 1.66. The Morgan fingerprint density at radius 3 is 2.75 bits per heavy atom. The van der Waals surface area contributed by atoms with Gasteiger partial charge in [-0.05, 0) is 17.5 Å². The Kier molecular flexibility index (Phi) is 2.86. The van der Waals surface area contributed by atoms with Crippen LogP contribution in [0.5, 0.6) is 0 Å². The van der Waals surface area contributed by atoms with E-state index in [0.29, 0.717) is 11.8 Å². The molecule has 1 heterocycles. The van der Waals surface area contributed by atoms with Crippen LogP contribution in [0.25, 0.3) is 0 Å². The Labute approximate surface area is 96.0 Å². The first-order chi connectivity index (χ1) is 7.65. The quantitative estimate of drug-likeness (QED) is 0.726. The van der Waals surface area contributed by atoms with Gasteiger partial charge in [0, 0.05) is 12.5 Å². The molecule has 1 aliphatic rings. The molecule has 0 radical (unpaired) electrons. The molecule has 1 aliphatic heterocycles. The molecule has 86 valence electrons. The molecular formula is C13H17NO2. The minimum absolute atomic E-state index is 0.268. The van der Waals surface area contributed by atoms with Crippen LogP contribution in [-0.4, -0.2) is 19.7 Å². The lowest BCUT2D eigenvalue weighted by Crippen LogP contribution is -2.30. The van der Waals surface area contributed by atoms with Crippen LogP contribution in [0.3, 0.4) is 0 Å². The van der Waals surface area contributed by atoms with Crippen molar-refractivity contribution in [3.63, 3.8) is 0 Å². The van der Waals surface area contributed by atoms with E-state index in [9.17, 15) is 4.79 Å². The number of benzene rings is 1. The number of carbonyl (C=O) groups is 1. The van der Waals surface area contributed by atoms with Gasteiger partial charge < -0.3 is 4.74 Å². The summed E-state index contributed by atoms with van der Waals surface area (Å²) in [5.74, 6) is 0.936. The molecular weight excluding hydrogens is 202 g/mol. The molecule has 0 fully saturated rings. The van der Waals surface area contributed by atoms with E-state index in [1.165, 1.54) is 12.7 Å². The lowest BCUT2D eigenvalue weighted by Gasteiger charge is -2.17. The van der Waals surface area contributed by atoms with Crippen molar-refractivity contribution in [2.45, 2.75) is 19.8 Å². The number of para-hydroxylation sites is 1. The number of rotatable bonds is 1. The van der Waals surface area contributed by atoms with E-state index in [0.717, 1.165) is 12.2 Å². The fourth-order valence-corrected chi connectivity index (χ4v) is 2.29. The number of nitrogens with zero attached hydrogens (tertiary/aromatic N) is 1. The Morgan fingerprint density at radius 1 is 1.44 bits per heavy atom. The maximum atomic E-state index is 11.6. The van der Waals surface area contributed by atoms with Gasteiger partial charge in [0.05, 0.1) is 12.8 Å². The molecule has 1 aromatic rings. The first-order valence-electron chi connectivity index (χ1n) is 5.59. The average Bonchev–Trinajstić information content (AvgIpc) is 2.67. The van der Waals surface area contributed by atoms with Crippen molar-refractivity contribution in [2.75, 3.05) is 18.6 Å². The van der Waals surface area contributed by atoms with Gasteiger partial charge in [-0.2, -0.15) is 0 Å². The highest BCUT2D eigenvalue weighted by Crippen LogP contribution is 2.40. The van der Waals surface area contributed by atoms with E-state index in [-0.39, 0.29) is 6.09 Å². The second-order valence-electron chi connectivity index (χ2n) is 4.49. The van der Waals surface area contributed by atoms with E-state index in [2.05, 4.69) is 19.9 Å². The van der Waals surface area contributed by atoms with E-state index < -0.39 is 0 Å². The van der Waals surface area contributed by atoms with Gasteiger partial charge >= 0.3 is 6.09 Å². The monoisotopic (exact) mass is 219 g/mol. The maximum absolute atomic E-state index is 11.6. The lowest BCUT2D eigenvalue weighted by atomic mass is 9.90. The van der Waals surface area contributed by atoms with Crippen LogP contribution < -0.4 is 4.90 Å². The first-order valence-corrected chi connectivity index (χ1v) is 5.59. The second-order valence-corrected chi connectivity index (χ2v) is 4.49. The van der Waals surface area contributed by atoms with Crippen LogP contribution >= 0.6 is 0 Å². The van der Waals surface area contributed by atoms with E-state index in [4.69, 9.17) is 4.74 Å². The molecule has 1 amide bonds. The van der Waals surface area contributed by atoms with Crippen molar-refractivity contribution in [2.24, 2.45) is 5.92 Å². The van der Waals surface area contributed by atoms with Crippen molar-refractivity contribution in [1.82, 2.24) is 0 Å². The van der Waals surface area contributed by atoms with Gasteiger partial charge in [-0.3, -0.25) is 4.90 Å². The number of fused-ring (bicyclic) bond motifs is 1. The Hall–Kier alpha value is -1.51. The number of hydrogen-bond donors (Lipinski definition) is 0. The minimum Gasteiger partial charge on any atom is -0.452 e. The third-order valence-corrected chi connectivity index (χ3v) is 3.21. The third-order valence-electron chi connectivity index (χ3n) is 3.21. The fraction of sp³-hybridized carbons (Fsp3) is 0.462. The first kappa shape index (κ1) is 11.0. The van der Waals surface area contributed by atoms with E-state index >= 15 is 0 Å². The standard InChI is InChI=1S/C13H17NO2/c1-9(2)11-8-14(13(15)16-3)12-7-5-4-6-10(11)12/h4-7,9,11H,8H2,1-3H3. The number of anilines is 1. The number of amides is 1. The van der Waals surface area contributed by atoms with Gasteiger partial charge in [0.2, 0.25) is 0 Å². The van der Waals surface area contributed by atoms with Crippen molar-refractivity contribution < 1.29 is 9.53 Å². The molecule has 0 N–H and O–H groups in total. The van der Waals surface area contributed by atoms with Gasteiger partial charge in [-0.1, -0.05) is 32.0 Å². The maximum Gasteiger partial charge on any atom is 0.414 e. The highest BCUT2D eigenvalue weighted by Gasteiger charge is 2.33. The summed E-state index contributed by atoms with van der Waals surface area (Å²) in [7, 11) is 1.42. The lowest BCUT2D eigenvalue weighted by molar-refractivity contribution is 0.178. The largest absolute Gasteiger partial charge is 0.452 e. The average molecular weight is 219 g/mol. The van der Waals surface area contributed by atoms with Crippen molar-refractivity contribution >= 4 is 11.8 Å². The smallest absolute Gasteiger partial charge is 0.414 e. The number of hydrogen-bond acceptors (Lipinski definition) is 2. The zero-order chi connectivity index (χ0) is 11.7. The molecule has 0 bridgehead atoms. The molecule has 2 rings (SSSR count). The fourth-order valence-electron chi connectivity index (χ4n) is 2.29. The van der Waals surface area contributed by atoms with Crippen LogP contribution in [0.15, 0.2) is 24.3 Å². The van der Waals surface area contributed by atoms with Gasteiger partial charge in [-0.25, -0.2) is 4.79 Å². The number of methoxy groups -OCH3 is 1. The minimum atomic E-state index is -0.268. The van der Waals surface area contributed by atoms with Crippen molar-refractivity contribution in [3.05, 3.63) is 29.8 Å². The van der Waals surface area contributed by atoms with Crippen LogP contribution in [0.4, 0.5) is 10.5 Å². The van der Waals surface area contributed by atoms with Crippen LogP contribution in [-0.2, 0) is 4.74 Å². The molecule has 3 nitrogen and oxygen atoms in total. The summed E-state index contributed by atoms with van der Waals surface area (Å²) in [6.07, 6.45) is -0.268. The molecule has 1 atom stereocenters. The summed E-state index contributed by atoms with van der Waals surface area (Å²) >= 11 is 0. The highest BCUT2D eigenvalue weighted by molar-refractivity contribution is 5.90. The predicted octanol–water partition coefficient (Wildman–Crippen LogP) is 3.01. The predicted molar refractivity (Wildman–Crippen MR) is 63.8 cm³/mol. The Bertz CT molecular complexity index is 401. The summed E-state index contributed by atoms with van der Waals surface area (Å²) < 4.78 is 4.81. The van der Waals surface area contributed by atoms with Crippen LogP contribution in [0.1, 0.15) is 25.3 Å². The van der Waals surface area contributed by atoms with E-state index in [1.54, 1.807) is 4.90 Å². The highest BCUT2D eigenvalue weighted by atomic mass is 16.5. The molecule has 0 saturated heterocycles. The molecule has 0 aromatic heterocycles. The second kappa shape index (κ2) is 4.16. The van der Waals surface area contributed by atoms with Gasteiger partial charge in [-0.15, -0.1) is 0 Å². The summed E-state index contributed by atoms with van der Waals surface area (Å²) in [6.45, 7) is 5.09. The molecule has 16 heavy (non-hydrogen) atoms. The van der Waals surface area contributed by atoms with Crippen molar-refractivity contribution in [3.8, 4) is 0 Å². The molecule has 0 saturated carbocycles. The summed E-state index contributed by atoms with van der Waals surface area (Å²) in [5.41, 5.74) is 2.25. The summed E-state index contributed by atoms with van der Waals surface area (Å²) in [5, 5.41) is 0.